The zero-order chi connectivity index (χ0) is 17.1. The molecule has 1 aliphatic heterocycles. The first kappa shape index (κ1) is 21.5. The average molecular weight is 352 g/mol. The van der Waals surface area contributed by atoms with E-state index in [9.17, 15) is 0 Å². The van der Waals surface area contributed by atoms with Gasteiger partial charge in [-0.2, -0.15) is 0 Å². The zero-order valence-electron chi connectivity index (χ0n) is 15.8. The molecule has 0 aromatic carbocycles. The van der Waals surface area contributed by atoms with Crippen molar-refractivity contribution in [2.24, 2.45) is 5.73 Å². The number of nitrogens with two attached hydrogens (primary N) is 1. The molecule has 0 aliphatic carbocycles. The molecule has 1 fully saturated rings. The average Bonchev–Trinajstić information content (AvgIpc) is 2.26. The third-order valence-corrected chi connectivity index (χ3v) is 21.4. The second-order valence-electron chi connectivity index (χ2n) is 8.22. The zero-order valence-corrected chi connectivity index (χ0v) is 18.8. The van der Waals surface area contributed by atoms with Crippen molar-refractivity contribution in [3.05, 3.63) is 0 Å². The second-order valence-corrected chi connectivity index (χ2v) is 27.8. The Balaban J connectivity index is 0.00000191. The van der Waals surface area contributed by atoms with E-state index in [4.69, 9.17) is 13.6 Å². The summed E-state index contributed by atoms with van der Waals surface area (Å²) in [6.45, 7) is 22.2. The van der Waals surface area contributed by atoms with E-state index in [2.05, 4.69) is 65.4 Å². The van der Waals surface area contributed by atoms with Crippen LogP contribution in [0.3, 0.4) is 0 Å². The lowest BCUT2D eigenvalue weighted by Gasteiger charge is -2.51. The highest BCUT2D eigenvalue weighted by Gasteiger charge is 2.55. The van der Waals surface area contributed by atoms with Crippen LogP contribution in [-0.4, -0.2) is 55.3 Å². The Labute approximate surface area is 134 Å². The van der Waals surface area contributed by atoms with Crippen LogP contribution in [0, 0.1) is 0 Å². The third-order valence-electron chi connectivity index (χ3n) is 4.53. The van der Waals surface area contributed by atoms with Gasteiger partial charge in [0, 0.05) is 0 Å². The summed E-state index contributed by atoms with van der Waals surface area (Å²) in [6.07, 6.45) is 0.148. The highest BCUT2D eigenvalue weighted by molar-refractivity contribution is 7.35. The van der Waals surface area contributed by atoms with E-state index in [1.807, 2.05) is 0 Å². The molecule has 1 aliphatic rings. The van der Waals surface area contributed by atoms with Gasteiger partial charge in [0.25, 0.3) is 0 Å². The SMILES string of the molecule is CC1COCC(C)([Si](C)(C)C)O[Si](C)([Si](C)(C)C)O1.CN. The summed E-state index contributed by atoms with van der Waals surface area (Å²) in [4.78, 5) is 0. The van der Waals surface area contributed by atoms with Gasteiger partial charge in [0.1, 0.15) is 7.59 Å². The first-order chi connectivity index (χ1) is 9.31. The molecule has 1 saturated heterocycles. The monoisotopic (exact) mass is 351 g/mol. The summed E-state index contributed by atoms with van der Waals surface area (Å²) in [7, 11) is -3.61. The third kappa shape index (κ3) is 5.26. The molecular formula is C14H37NO3Si3. The van der Waals surface area contributed by atoms with Crippen molar-refractivity contribution < 1.29 is 13.6 Å². The summed E-state index contributed by atoms with van der Waals surface area (Å²) in [5.74, 6) is 0. The fourth-order valence-corrected chi connectivity index (χ4v) is 10.4. The molecule has 128 valence electrons. The van der Waals surface area contributed by atoms with Gasteiger partial charge >= 0.3 is 8.08 Å². The molecule has 7 heteroatoms. The minimum atomic E-state index is -2.14. The molecule has 21 heavy (non-hydrogen) atoms. The summed E-state index contributed by atoms with van der Waals surface area (Å²) in [5, 5.41) is -0.144. The maximum absolute atomic E-state index is 6.78. The molecule has 1 rings (SSSR count). The maximum Gasteiger partial charge on any atom is 0.313 e. The minimum Gasteiger partial charge on any atom is -0.392 e. The number of rotatable bonds is 2. The van der Waals surface area contributed by atoms with Gasteiger partial charge in [0.15, 0.2) is 0 Å². The Morgan fingerprint density at radius 2 is 1.57 bits per heavy atom. The van der Waals surface area contributed by atoms with Gasteiger partial charge < -0.3 is 19.3 Å². The van der Waals surface area contributed by atoms with Crippen LogP contribution < -0.4 is 5.73 Å². The van der Waals surface area contributed by atoms with E-state index < -0.39 is 23.7 Å². The van der Waals surface area contributed by atoms with Crippen LogP contribution >= 0.6 is 0 Å². The molecule has 0 amide bonds. The topological polar surface area (TPSA) is 53.7 Å². The Bertz CT molecular complexity index is 330. The van der Waals surface area contributed by atoms with Crippen LogP contribution in [-0.2, 0) is 13.6 Å². The van der Waals surface area contributed by atoms with Crippen LogP contribution in [0.5, 0.6) is 0 Å². The largest absolute Gasteiger partial charge is 0.392 e. The number of ether oxygens (including phenoxy) is 1. The molecule has 0 spiro atoms. The Morgan fingerprint density at radius 1 is 1.10 bits per heavy atom. The van der Waals surface area contributed by atoms with Gasteiger partial charge in [-0.25, -0.2) is 0 Å². The Kier molecular flexibility index (Phi) is 7.55. The second kappa shape index (κ2) is 7.37. The van der Waals surface area contributed by atoms with Crippen molar-refractivity contribution in [2.75, 3.05) is 20.3 Å². The van der Waals surface area contributed by atoms with Crippen molar-refractivity contribution in [1.82, 2.24) is 0 Å². The van der Waals surface area contributed by atoms with E-state index in [0.29, 0.717) is 13.2 Å². The highest BCUT2D eigenvalue weighted by atomic mass is 29.3. The normalized spacial score (nSPS) is 35.3. The lowest BCUT2D eigenvalue weighted by atomic mass is 10.4. The van der Waals surface area contributed by atoms with E-state index in [0.717, 1.165) is 0 Å². The summed E-state index contributed by atoms with van der Waals surface area (Å²) >= 11 is 0. The fraction of sp³-hybridized carbons (Fsp3) is 1.00. The molecule has 0 radical (unpaired) electrons. The van der Waals surface area contributed by atoms with E-state index in [1.54, 1.807) is 0 Å². The predicted octanol–water partition coefficient (Wildman–Crippen LogP) is 3.14. The summed E-state index contributed by atoms with van der Waals surface area (Å²) in [6, 6.07) is 0. The molecule has 4 nitrogen and oxygen atoms in total. The van der Waals surface area contributed by atoms with Crippen molar-refractivity contribution in [2.45, 2.75) is 71.0 Å². The molecule has 2 N–H and O–H groups in total. The highest BCUT2D eigenvalue weighted by Crippen LogP contribution is 2.35. The Hall–Kier alpha value is 0.491. The number of hydrogen-bond donors (Lipinski definition) is 1. The molecule has 0 aromatic heterocycles. The van der Waals surface area contributed by atoms with Crippen LogP contribution in [0.4, 0.5) is 0 Å². The van der Waals surface area contributed by atoms with Gasteiger partial charge in [-0.15, -0.1) is 0 Å². The standard InChI is InChI=1S/C13H32O3Si3.CH5N/c1-12-10-14-11-13(2,17(3,4)5)16-19(9,15-12)18(6,7)8;1-2/h12H,10-11H2,1-9H3;2H2,1H3. The molecule has 3 unspecified atom stereocenters. The lowest BCUT2D eigenvalue weighted by Crippen LogP contribution is -2.70. The summed E-state index contributed by atoms with van der Waals surface area (Å²) in [5.41, 5.74) is 4.50. The molecule has 0 saturated carbocycles. The van der Waals surface area contributed by atoms with Crippen molar-refractivity contribution in [3.63, 3.8) is 0 Å². The van der Waals surface area contributed by atoms with Gasteiger partial charge in [-0.1, -0.05) is 39.3 Å². The fourth-order valence-electron chi connectivity index (χ4n) is 2.02. The van der Waals surface area contributed by atoms with Crippen LogP contribution in [0.15, 0.2) is 0 Å². The summed E-state index contributed by atoms with van der Waals surface area (Å²) < 4.78 is 19.0. The molecule has 3 atom stereocenters. The molecular weight excluding hydrogens is 314 g/mol. The quantitative estimate of drug-likeness (QED) is 0.777. The first-order valence-corrected chi connectivity index (χ1v) is 18.2. The lowest BCUT2D eigenvalue weighted by molar-refractivity contribution is -0.0521. The first-order valence-electron chi connectivity index (χ1n) is 7.84. The van der Waals surface area contributed by atoms with E-state index >= 15 is 0 Å². The maximum atomic E-state index is 6.78. The van der Waals surface area contributed by atoms with Crippen LogP contribution in [0.25, 0.3) is 0 Å². The van der Waals surface area contributed by atoms with Crippen molar-refractivity contribution >= 4 is 23.7 Å². The van der Waals surface area contributed by atoms with Crippen molar-refractivity contribution in [1.29, 1.82) is 0 Å². The Morgan fingerprint density at radius 3 is 1.95 bits per heavy atom. The van der Waals surface area contributed by atoms with Gasteiger partial charge in [0.05, 0.1) is 32.6 Å². The molecule has 0 bridgehead atoms. The number of hydrogen-bond acceptors (Lipinski definition) is 4. The van der Waals surface area contributed by atoms with E-state index in [1.165, 1.54) is 7.05 Å². The molecule has 1 heterocycles. The van der Waals surface area contributed by atoms with Gasteiger partial charge in [-0.3, -0.25) is 0 Å². The van der Waals surface area contributed by atoms with Crippen molar-refractivity contribution in [3.8, 4) is 0 Å². The van der Waals surface area contributed by atoms with Gasteiger partial charge in [0.2, 0.25) is 0 Å². The minimum absolute atomic E-state index is 0.144. The van der Waals surface area contributed by atoms with E-state index in [-0.39, 0.29) is 11.3 Å². The smallest absolute Gasteiger partial charge is 0.313 e. The van der Waals surface area contributed by atoms with Crippen LogP contribution in [0.1, 0.15) is 13.8 Å². The van der Waals surface area contributed by atoms with Gasteiger partial charge in [-0.05, 0) is 27.4 Å². The van der Waals surface area contributed by atoms with Crippen LogP contribution in [0.2, 0.25) is 45.8 Å². The predicted molar refractivity (Wildman–Crippen MR) is 99.3 cm³/mol. The molecule has 0 aromatic rings.